The first-order chi connectivity index (χ1) is 11.5. The monoisotopic (exact) mass is 326 g/mol. The number of benzene rings is 2. The molecule has 0 saturated heterocycles. The summed E-state index contributed by atoms with van der Waals surface area (Å²) in [5, 5.41) is 19.4. The summed E-state index contributed by atoms with van der Waals surface area (Å²) in [7, 11) is 0. The minimum absolute atomic E-state index is 0.0447. The van der Waals surface area contributed by atoms with Gasteiger partial charge in [0.2, 0.25) is 0 Å². The van der Waals surface area contributed by atoms with Crippen LogP contribution in [-0.4, -0.2) is 39.0 Å². The van der Waals surface area contributed by atoms with Crippen molar-refractivity contribution in [2.45, 2.75) is 12.5 Å². The summed E-state index contributed by atoms with van der Waals surface area (Å²) in [5.41, 5.74) is 3.62. The van der Waals surface area contributed by atoms with Crippen molar-refractivity contribution in [3.05, 3.63) is 65.2 Å². The molecule has 1 heterocycles. The van der Waals surface area contributed by atoms with Crippen LogP contribution in [0.1, 0.15) is 26.3 Å². The molecule has 1 aliphatic heterocycles. The Kier molecular flexibility index (Phi) is 4.01. The number of imide groups is 1. The molecule has 2 aromatic rings. The highest BCUT2D eigenvalue weighted by atomic mass is 16.4. The second kappa shape index (κ2) is 6.13. The molecule has 3 rings (SSSR count). The van der Waals surface area contributed by atoms with E-state index in [1.165, 1.54) is 24.3 Å². The smallest absolute Gasteiger partial charge is 0.322 e. The van der Waals surface area contributed by atoms with Gasteiger partial charge in [-0.2, -0.15) is 0 Å². The normalized spacial score (nSPS) is 14.6. The van der Waals surface area contributed by atoms with E-state index in [1.807, 2.05) is 0 Å². The summed E-state index contributed by atoms with van der Waals surface area (Å²) in [6.45, 7) is 0. The fourth-order valence-electron chi connectivity index (χ4n) is 2.52. The number of carbonyl (C=O) groups is 3. The number of amides is 2. The van der Waals surface area contributed by atoms with Gasteiger partial charge in [0.1, 0.15) is 11.8 Å². The molecule has 0 bridgehead atoms. The van der Waals surface area contributed by atoms with E-state index in [9.17, 15) is 24.6 Å². The van der Waals surface area contributed by atoms with Gasteiger partial charge in [0.05, 0.1) is 11.1 Å². The van der Waals surface area contributed by atoms with E-state index in [-0.39, 0.29) is 23.3 Å². The van der Waals surface area contributed by atoms with Gasteiger partial charge in [0, 0.05) is 6.42 Å². The van der Waals surface area contributed by atoms with E-state index >= 15 is 0 Å². The third-order valence-corrected chi connectivity index (χ3v) is 3.75. The van der Waals surface area contributed by atoms with Gasteiger partial charge in [0.15, 0.2) is 0 Å². The Hall–Kier alpha value is -3.19. The Bertz CT molecular complexity index is 781. The molecule has 1 aliphatic rings. The molecule has 1 atom stereocenters. The summed E-state index contributed by atoms with van der Waals surface area (Å²) in [6.07, 6.45) is 0.0447. The fraction of sp³-hybridized carbons (Fsp3) is 0.118. The highest BCUT2D eigenvalue weighted by molar-refractivity contribution is 6.21. The SMILES string of the molecule is O=C(O)[C@H](Cc1ccc(O)cc1)NN1C(=O)c2ccccc2C1=O. The number of nitrogens with one attached hydrogen (secondary N) is 1. The van der Waals surface area contributed by atoms with Crippen LogP contribution in [0, 0.1) is 0 Å². The molecule has 24 heavy (non-hydrogen) atoms. The minimum Gasteiger partial charge on any atom is -0.508 e. The van der Waals surface area contributed by atoms with Gasteiger partial charge in [-0.1, -0.05) is 24.3 Å². The van der Waals surface area contributed by atoms with Crippen LogP contribution in [0.15, 0.2) is 48.5 Å². The van der Waals surface area contributed by atoms with Crippen LogP contribution in [-0.2, 0) is 11.2 Å². The van der Waals surface area contributed by atoms with Crippen molar-refractivity contribution in [1.29, 1.82) is 0 Å². The van der Waals surface area contributed by atoms with Crippen LogP contribution in [0.5, 0.6) is 5.75 Å². The quantitative estimate of drug-likeness (QED) is 0.713. The molecule has 7 nitrogen and oxygen atoms in total. The van der Waals surface area contributed by atoms with Crippen LogP contribution in [0.3, 0.4) is 0 Å². The van der Waals surface area contributed by atoms with E-state index in [4.69, 9.17) is 0 Å². The lowest BCUT2D eigenvalue weighted by Gasteiger charge is -2.21. The number of rotatable bonds is 5. The summed E-state index contributed by atoms with van der Waals surface area (Å²) in [5.74, 6) is -2.28. The standard InChI is InChI=1S/C17H14N2O5/c20-11-7-5-10(6-8-11)9-14(17(23)24)18-19-15(21)12-3-1-2-4-13(12)16(19)22/h1-8,14,18,20H,9H2,(H,23,24)/t14-/m0/s1. The zero-order valence-electron chi connectivity index (χ0n) is 12.5. The first-order valence-electron chi connectivity index (χ1n) is 7.22. The number of carbonyl (C=O) groups excluding carboxylic acids is 2. The molecule has 0 fully saturated rings. The van der Waals surface area contributed by atoms with Crippen molar-refractivity contribution in [1.82, 2.24) is 10.4 Å². The maximum absolute atomic E-state index is 12.3. The molecular weight excluding hydrogens is 312 g/mol. The van der Waals surface area contributed by atoms with Gasteiger partial charge in [0.25, 0.3) is 11.8 Å². The Morgan fingerprint density at radius 2 is 1.54 bits per heavy atom. The minimum atomic E-state index is -1.19. The first kappa shape index (κ1) is 15.7. The number of aliphatic carboxylic acids is 1. The average Bonchev–Trinajstić information content (AvgIpc) is 2.81. The number of hydrogen-bond donors (Lipinski definition) is 3. The molecule has 0 radical (unpaired) electrons. The average molecular weight is 326 g/mol. The van der Waals surface area contributed by atoms with E-state index in [0.29, 0.717) is 5.56 Å². The van der Waals surface area contributed by atoms with Crippen molar-refractivity contribution in [2.75, 3.05) is 0 Å². The Morgan fingerprint density at radius 3 is 2.04 bits per heavy atom. The van der Waals surface area contributed by atoms with E-state index < -0.39 is 23.8 Å². The Morgan fingerprint density at radius 1 is 1.00 bits per heavy atom. The van der Waals surface area contributed by atoms with Crippen molar-refractivity contribution < 1.29 is 24.6 Å². The van der Waals surface area contributed by atoms with Crippen molar-refractivity contribution in [3.8, 4) is 5.75 Å². The Labute approximate surface area is 137 Å². The van der Waals surface area contributed by atoms with Crippen molar-refractivity contribution in [3.63, 3.8) is 0 Å². The number of fused-ring (bicyclic) bond motifs is 1. The van der Waals surface area contributed by atoms with Crippen molar-refractivity contribution in [2.24, 2.45) is 0 Å². The lowest BCUT2D eigenvalue weighted by molar-refractivity contribution is -0.140. The summed E-state index contributed by atoms with van der Waals surface area (Å²) < 4.78 is 0. The lowest BCUT2D eigenvalue weighted by Crippen LogP contribution is -2.52. The number of nitrogens with zero attached hydrogens (tertiary/aromatic N) is 1. The molecule has 0 spiro atoms. The fourth-order valence-corrected chi connectivity index (χ4v) is 2.52. The number of hydrogen-bond acceptors (Lipinski definition) is 5. The number of hydrazine groups is 1. The molecule has 0 aliphatic carbocycles. The van der Waals surface area contributed by atoms with Crippen LogP contribution in [0.2, 0.25) is 0 Å². The van der Waals surface area contributed by atoms with Gasteiger partial charge in [-0.05, 0) is 29.8 Å². The second-order valence-corrected chi connectivity index (χ2v) is 5.38. The zero-order chi connectivity index (χ0) is 17.3. The number of carboxylic acid groups (broad SMARTS) is 1. The zero-order valence-corrected chi connectivity index (χ0v) is 12.5. The summed E-state index contributed by atoms with van der Waals surface area (Å²) in [4.78, 5) is 36.0. The number of aromatic hydroxyl groups is 1. The van der Waals surface area contributed by atoms with Crippen LogP contribution >= 0.6 is 0 Å². The van der Waals surface area contributed by atoms with Crippen LogP contribution < -0.4 is 5.43 Å². The second-order valence-electron chi connectivity index (χ2n) is 5.38. The van der Waals surface area contributed by atoms with Gasteiger partial charge >= 0.3 is 5.97 Å². The van der Waals surface area contributed by atoms with Crippen LogP contribution in [0.25, 0.3) is 0 Å². The maximum Gasteiger partial charge on any atom is 0.322 e. The van der Waals surface area contributed by atoms with E-state index in [0.717, 1.165) is 5.01 Å². The molecule has 2 aromatic carbocycles. The molecule has 3 N–H and O–H groups in total. The summed E-state index contributed by atoms with van der Waals surface area (Å²) >= 11 is 0. The predicted molar refractivity (Wildman–Crippen MR) is 83.3 cm³/mol. The molecule has 7 heteroatoms. The van der Waals surface area contributed by atoms with Gasteiger partial charge in [-0.15, -0.1) is 0 Å². The number of phenolic OH excluding ortho intramolecular Hbond substituents is 1. The van der Waals surface area contributed by atoms with Crippen LogP contribution in [0.4, 0.5) is 0 Å². The Balaban J connectivity index is 1.80. The van der Waals surface area contributed by atoms with Crippen molar-refractivity contribution >= 4 is 17.8 Å². The lowest BCUT2D eigenvalue weighted by atomic mass is 10.1. The highest BCUT2D eigenvalue weighted by Crippen LogP contribution is 2.21. The molecule has 0 unspecified atom stereocenters. The van der Waals surface area contributed by atoms with Gasteiger partial charge < -0.3 is 10.2 Å². The predicted octanol–water partition coefficient (Wildman–Crippen LogP) is 1.19. The first-order valence-corrected chi connectivity index (χ1v) is 7.22. The maximum atomic E-state index is 12.3. The topological polar surface area (TPSA) is 107 Å². The largest absolute Gasteiger partial charge is 0.508 e. The van der Waals surface area contributed by atoms with Gasteiger partial charge in [-0.3, -0.25) is 14.4 Å². The third-order valence-electron chi connectivity index (χ3n) is 3.75. The third kappa shape index (κ3) is 2.84. The highest BCUT2D eigenvalue weighted by Gasteiger charge is 2.37. The molecule has 0 aromatic heterocycles. The molecule has 2 amide bonds. The number of carboxylic acids is 1. The summed E-state index contributed by atoms with van der Waals surface area (Å²) in [6, 6.07) is 11.2. The van der Waals surface area contributed by atoms with E-state index in [1.54, 1.807) is 24.3 Å². The molecule has 122 valence electrons. The molecular formula is C17H14N2O5. The van der Waals surface area contributed by atoms with Gasteiger partial charge in [-0.25, -0.2) is 10.4 Å². The van der Waals surface area contributed by atoms with E-state index in [2.05, 4.69) is 5.43 Å². The molecule has 0 saturated carbocycles. The number of phenols is 1.